The minimum Gasteiger partial charge on any atom is -0.425 e. The van der Waals surface area contributed by atoms with Crippen LogP contribution in [0.25, 0.3) is 0 Å². The van der Waals surface area contributed by atoms with Gasteiger partial charge in [-0.25, -0.2) is 0 Å². The lowest BCUT2D eigenvalue weighted by molar-refractivity contribution is 0.446. The maximum atomic E-state index is 5.67. The Morgan fingerprint density at radius 1 is 1.10 bits per heavy atom. The normalized spacial score (nSPS) is 11.2. The standard InChI is InChI=1S/C16H23N3O/c1-12(2)17-10-4-5-15-18-19-16(20-15)11-14-8-6-13(3)7-9-14/h6-9,12,17H,4-5,10-11H2,1-3H3. The van der Waals surface area contributed by atoms with Crippen molar-refractivity contribution in [1.82, 2.24) is 15.5 Å². The van der Waals surface area contributed by atoms with Crippen molar-refractivity contribution < 1.29 is 4.42 Å². The van der Waals surface area contributed by atoms with E-state index in [1.54, 1.807) is 0 Å². The molecule has 0 bridgehead atoms. The van der Waals surface area contributed by atoms with Crippen LogP contribution < -0.4 is 5.32 Å². The number of benzene rings is 1. The molecule has 2 aromatic rings. The summed E-state index contributed by atoms with van der Waals surface area (Å²) in [6, 6.07) is 8.93. The fraction of sp³-hybridized carbons (Fsp3) is 0.500. The predicted octanol–water partition coefficient (Wildman–Crippen LogP) is 2.90. The molecule has 0 aliphatic heterocycles. The van der Waals surface area contributed by atoms with Gasteiger partial charge in [-0.15, -0.1) is 10.2 Å². The van der Waals surface area contributed by atoms with Crippen LogP contribution in [0, 0.1) is 6.92 Å². The van der Waals surface area contributed by atoms with Crippen LogP contribution in [0.3, 0.4) is 0 Å². The van der Waals surface area contributed by atoms with Crippen molar-refractivity contribution in [2.24, 2.45) is 0 Å². The Morgan fingerprint density at radius 2 is 1.80 bits per heavy atom. The summed E-state index contributed by atoms with van der Waals surface area (Å²) in [6.45, 7) is 7.35. The molecule has 0 spiro atoms. The first-order chi connectivity index (χ1) is 9.63. The third-order valence-electron chi connectivity index (χ3n) is 3.10. The van der Waals surface area contributed by atoms with Crippen LogP contribution in [0.2, 0.25) is 0 Å². The Hall–Kier alpha value is -1.68. The third-order valence-corrected chi connectivity index (χ3v) is 3.10. The van der Waals surface area contributed by atoms with E-state index in [9.17, 15) is 0 Å². The van der Waals surface area contributed by atoms with Crippen molar-refractivity contribution in [3.63, 3.8) is 0 Å². The van der Waals surface area contributed by atoms with E-state index < -0.39 is 0 Å². The molecule has 0 amide bonds. The summed E-state index contributed by atoms with van der Waals surface area (Å²) in [5, 5.41) is 11.6. The first kappa shape index (κ1) is 14.7. The van der Waals surface area contributed by atoms with Gasteiger partial charge in [-0.3, -0.25) is 0 Å². The molecule has 1 heterocycles. The first-order valence-corrected chi connectivity index (χ1v) is 7.23. The molecule has 0 saturated carbocycles. The monoisotopic (exact) mass is 273 g/mol. The Kier molecular flexibility index (Phi) is 5.30. The van der Waals surface area contributed by atoms with Crippen LogP contribution in [-0.4, -0.2) is 22.8 Å². The van der Waals surface area contributed by atoms with Crippen LogP contribution in [0.5, 0.6) is 0 Å². The average molecular weight is 273 g/mol. The summed E-state index contributed by atoms with van der Waals surface area (Å²) in [5.74, 6) is 1.43. The molecule has 4 heteroatoms. The van der Waals surface area contributed by atoms with E-state index in [1.807, 2.05) is 0 Å². The summed E-state index contributed by atoms with van der Waals surface area (Å²) in [7, 11) is 0. The van der Waals surface area contributed by atoms with Gasteiger partial charge in [0.15, 0.2) is 0 Å². The topological polar surface area (TPSA) is 51.0 Å². The summed E-state index contributed by atoms with van der Waals surface area (Å²) >= 11 is 0. The smallest absolute Gasteiger partial charge is 0.220 e. The summed E-state index contributed by atoms with van der Waals surface area (Å²) in [4.78, 5) is 0. The molecular formula is C16H23N3O. The quantitative estimate of drug-likeness (QED) is 0.788. The molecule has 0 fully saturated rings. The number of aromatic nitrogens is 2. The van der Waals surface area contributed by atoms with E-state index in [0.717, 1.165) is 25.3 Å². The Labute approximate surface area is 120 Å². The Morgan fingerprint density at radius 3 is 2.50 bits per heavy atom. The van der Waals surface area contributed by atoms with Gasteiger partial charge in [0.1, 0.15) is 0 Å². The molecule has 20 heavy (non-hydrogen) atoms. The van der Waals surface area contributed by atoms with Gasteiger partial charge >= 0.3 is 0 Å². The lowest BCUT2D eigenvalue weighted by Gasteiger charge is -2.05. The highest BCUT2D eigenvalue weighted by Crippen LogP contribution is 2.10. The number of rotatable bonds is 7. The number of aryl methyl sites for hydroxylation is 2. The summed E-state index contributed by atoms with van der Waals surface area (Å²) in [5.41, 5.74) is 2.46. The van der Waals surface area contributed by atoms with Gasteiger partial charge in [0.05, 0.1) is 6.42 Å². The maximum absolute atomic E-state index is 5.67. The largest absolute Gasteiger partial charge is 0.425 e. The van der Waals surface area contributed by atoms with Crippen molar-refractivity contribution in [1.29, 1.82) is 0 Å². The molecule has 108 valence electrons. The van der Waals surface area contributed by atoms with Gasteiger partial charge in [-0.05, 0) is 25.5 Å². The fourth-order valence-corrected chi connectivity index (χ4v) is 1.97. The van der Waals surface area contributed by atoms with Crippen LogP contribution in [0.15, 0.2) is 28.7 Å². The molecule has 0 aliphatic rings. The van der Waals surface area contributed by atoms with E-state index in [-0.39, 0.29) is 0 Å². The SMILES string of the molecule is Cc1ccc(Cc2nnc(CCCNC(C)C)o2)cc1. The summed E-state index contributed by atoms with van der Waals surface area (Å²) in [6.07, 6.45) is 2.56. The fourth-order valence-electron chi connectivity index (χ4n) is 1.97. The lowest BCUT2D eigenvalue weighted by atomic mass is 10.1. The van der Waals surface area contributed by atoms with Crippen molar-refractivity contribution in [2.75, 3.05) is 6.54 Å². The Bertz CT molecular complexity index is 517. The average Bonchev–Trinajstić information content (AvgIpc) is 2.85. The zero-order chi connectivity index (χ0) is 14.4. The highest BCUT2D eigenvalue weighted by Gasteiger charge is 2.07. The predicted molar refractivity (Wildman–Crippen MR) is 79.7 cm³/mol. The second-order valence-corrected chi connectivity index (χ2v) is 5.46. The number of nitrogens with one attached hydrogen (secondary N) is 1. The van der Waals surface area contributed by atoms with E-state index in [0.29, 0.717) is 18.4 Å². The highest BCUT2D eigenvalue weighted by molar-refractivity contribution is 5.23. The van der Waals surface area contributed by atoms with E-state index >= 15 is 0 Å². The zero-order valence-corrected chi connectivity index (χ0v) is 12.5. The molecular weight excluding hydrogens is 250 g/mol. The molecule has 0 atom stereocenters. The minimum atomic E-state index is 0.523. The first-order valence-electron chi connectivity index (χ1n) is 7.23. The van der Waals surface area contributed by atoms with Crippen LogP contribution in [-0.2, 0) is 12.8 Å². The maximum Gasteiger partial charge on any atom is 0.220 e. The number of nitrogens with zero attached hydrogens (tertiary/aromatic N) is 2. The van der Waals surface area contributed by atoms with Crippen LogP contribution >= 0.6 is 0 Å². The zero-order valence-electron chi connectivity index (χ0n) is 12.5. The second kappa shape index (κ2) is 7.20. The minimum absolute atomic E-state index is 0.523. The van der Waals surface area contributed by atoms with Crippen molar-refractivity contribution >= 4 is 0 Å². The van der Waals surface area contributed by atoms with Gasteiger partial charge in [0.2, 0.25) is 11.8 Å². The molecule has 1 aromatic heterocycles. The van der Waals surface area contributed by atoms with Gasteiger partial charge in [-0.2, -0.15) is 0 Å². The van der Waals surface area contributed by atoms with Crippen molar-refractivity contribution in [3.05, 3.63) is 47.2 Å². The van der Waals surface area contributed by atoms with Crippen LogP contribution in [0.1, 0.15) is 43.2 Å². The molecule has 2 rings (SSSR count). The highest BCUT2D eigenvalue weighted by atomic mass is 16.4. The molecule has 1 aromatic carbocycles. The lowest BCUT2D eigenvalue weighted by Crippen LogP contribution is -2.23. The second-order valence-electron chi connectivity index (χ2n) is 5.46. The van der Waals surface area contributed by atoms with Gasteiger partial charge < -0.3 is 9.73 Å². The molecule has 0 radical (unpaired) electrons. The molecule has 0 unspecified atom stereocenters. The van der Waals surface area contributed by atoms with Crippen molar-refractivity contribution in [2.45, 2.75) is 46.1 Å². The third kappa shape index (κ3) is 4.78. The van der Waals surface area contributed by atoms with E-state index in [2.05, 4.69) is 60.6 Å². The molecule has 0 aliphatic carbocycles. The number of hydrogen-bond donors (Lipinski definition) is 1. The van der Waals surface area contributed by atoms with Crippen molar-refractivity contribution in [3.8, 4) is 0 Å². The molecule has 0 saturated heterocycles. The Balaban J connectivity index is 1.81. The molecule has 1 N–H and O–H groups in total. The van der Waals surface area contributed by atoms with E-state index in [4.69, 9.17) is 4.42 Å². The van der Waals surface area contributed by atoms with Gasteiger partial charge in [-0.1, -0.05) is 43.7 Å². The van der Waals surface area contributed by atoms with E-state index in [1.165, 1.54) is 11.1 Å². The summed E-state index contributed by atoms with van der Waals surface area (Å²) < 4.78 is 5.67. The van der Waals surface area contributed by atoms with Gasteiger partial charge in [0.25, 0.3) is 0 Å². The molecule has 4 nitrogen and oxygen atoms in total. The van der Waals surface area contributed by atoms with Crippen LogP contribution in [0.4, 0.5) is 0 Å². The number of hydrogen-bond acceptors (Lipinski definition) is 4. The van der Waals surface area contributed by atoms with Gasteiger partial charge in [0, 0.05) is 12.5 Å².